The summed E-state index contributed by atoms with van der Waals surface area (Å²) in [7, 11) is 0. The molecule has 2 atom stereocenters. The van der Waals surface area contributed by atoms with Crippen molar-refractivity contribution in [1.29, 1.82) is 0 Å². The molecule has 0 aromatic carbocycles. The zero-order valence-corrected chi connectivity index (χ0v) is 15.8. The van der Waals surface area contributed by atoms with Gasteiger partial charge in [0.25, 0.3) is 0 Å². The van der Waals surface area contributed by atoms with E-state index in [2.05, 4.69) is 0 Å². The monoisotopic (exact) mass is 376 g/mol. The summed E-state index contributed by atoms with van der Waals surface area (Å²) < 4.78 is 5.13. The molecule has 6 nitrogen and oxygen atoms in total. The molecule has 1 aliphatic heterocycles. The zero-order chi connectivity index (χ0) is 18.4. The molecule has 2 N–H and O–H groups in total. The number of imide groups is 1. The van der Waals surface area contributed by atoms with Crippen molar-refractivity contribution in [2.75, 3.05) is 12.3 Å². The summed E-state index contributed by atoms with van der Waals surface area (Å²) in [6, 6.07) is 0.0413. The molecule has 1 saturated heterocycles. The number of carbonyl (C=O) groups excluding carboxylic acids is 3. The molecule has 2 fully saturated rings. The molecule has 0 unspecified atom stereocenters. The third-order valence-corrected chi connectivity index (χ3v) is 7.08. The number of fused-ring (bicyclic) bond motifs is 3. The number of thiophene rings is 1. The van der Waals surface area contributed by atoms with Crippen molar-refractivity contribution in [2.24, 2.45) is 5.92 Å². The number of carbonyl (C=O) groups is 3. The summed E-state index contributed by atoms with van der Waals surface area (Å²) in [5, 5.41) is 0.394. The van der Waals surface area contributed by atoms with Crippen LogP contribution in [0.2, 0.25) is 0 Å². The number of amides is 2. The predicted octanol–water partition coefficient (Wildman–Crippen LogP) is 2.85. The fourth-order valence-electron chi connectivity index (χ4n) is 4.77. The van der Waals surface area contributed by atoms with Gasteiger partial charge in [-0.25, -0.2) is 4.79 Å². The zero-order valence-electron chi connectivity index (χ0n) is 15.0. The fraction of sp³-hybridized carbons (Fsp3) is 0.632. The predicted molar refractivity (Wildman–Crippen MR) is 98.0 cm³/mol. The van der Waals surface area contributed by atoms with Gasteiger partial charge in [-0.15, -0.1) is 11.3 Å². The molecule has 26 heavy (non-hydrogen) atoms. The molecule has 0 spiro atoms. The van der Waals surface area contributed by atoms with Crippen LogP contribution in [0.25, 0.3) is 0 Å². The van der Waals surface area contributed by atoms with Gasteiger partial charge < -0.3 is 10.5 Å². The van der Waals surface area contributed by atoms with Crippen LogP contribution in [-0.2, 0) is 20.7 Å². The second-order valence-corrected chi connectivity index (χ2v) is 8.45. The van der Waals surface area contributed by atoms with E-state index in [4.69, 9.17) is 10.5 Å². The first-order chi connectivity index (χ1) is 12.5. The maximum Gasteiger partial charge on any atom is 0.341 e. The summed E-state index contributed by atoms with van der Waals surface area (Å²) in [5.74, 6) is -1.32. The Morgan fingerprint density at radius 3 is 2.62 bits per heavy atom. The summed E-state index contributed by atoms with van der Waals surface area (Å²) in [6.07, 6.45) is 6.31. The van der Waals surface area contributed by atoms with Crippen molar-refractivity contribution >= 4 is 34.1 Å². The van der Waals surface area contributed by atoms with Crippen molar-refractivity contribution < 1.29 is 19.1 Å². The smallest absolute Gasteiger partial charge is 0.341 e. The van der Waals surface area contributed by atoms with Gasteiger partial charge in [-0.1, -0.05) is 19.3 Å². The lowest BCUT2D eigenvalue weighted by molar-refractivity contribution is -0.143. The third-order valence-electron chi connectivity index (χ3n) is 5.93. The minimum atomic E-state index is -0.469. The van der Waals surface area contributed by atoms with Gasteiger partial charge in [-0.2, -0.15) is 0 Å². The molecule has 140 valence electrons. The number of esters is 1. The summed E-state index contributed by atoms with van der Waals surface area (Å²) in [4.78, 5) is 40.8. The molecule has 0 radical (unpaired) electrons. The lowest BCUT2D eigenvalue weighted by atomic mass is 9.80. The number of ether oxygens (including phenoxy) is 1. The van der Waals surface area contributed by atoms with Crippen molar-refractivity contribution in [3.63, 3.8) is 0 Å². The van der Waals surface area contributed by atoms with E-state index in [1.54, 1.807) is 11.8 Å². The van der Waals surface area contributed by atoms with E-state index >= 15 is 0 Å². The van der Waals surface area contributed by atoms with Gasteiger partial charge in [0, 0.05) is 10.9 Å². The molecule has 2 amide bonds. The minimum Gasteiger partial charge on any atom is -0.462 e. The molecule has 1 aromatic heterocycles. The average molecular weight is 376 g/mol. The molecule has 0 bridgehead atoms. The Hall–Kier alpha value is -1.89. The van der Waals surface area contributed by atoms with E-state index in [0.717, 1.165) is 36.1 Å². The van der Waals surface area contributed by atoms with E-state index in [1.165, 1.54) is 17.8 Å². The number of nitrogen functional groups attached to an aromatic ring is 1. The molecule has 1 saturated carbocycles. The van der Waals surface area contributed by atoms with E-state index < -0.39 is 11.9 Å². The first-order valence-electron chi connectivity index (χ1n) is 9.49. The molecule has 7 heteroatoms. The number of rotatable bonds is 3. The van der Waals surface area contributed by atoms with Crippen LogP contribution in [0.3, 0.4) is 0 Å². The highest BCUT2D eigenvalue weighted by molar-refractivity contribution is 7.16. The standard InChI is InChI=1S/C19H24N2O4S/c1-2-25-19(24)14-11-8-9-12-13(15(11)26-16(14)20)18(23)21(17(12)22)10-6-4-3-5-7-10/h10,12-13H,2-9,20H2,1H3/t12-,13-/m0/s1. The van der Waals surface area contributed by atoms with Crippen molar-refractivity contribution in [3.8, 4) is 0 Å². The first kappa shape index (κ1) is 17.5. The van der Waals surface area contributed by atoms with E-state index in [9.17, 15) is 14.4 Å². The maximum atomic E-state index is 13.2. The largest absolute Gasteiger partial charge is 0.462 e. The molecule has 2 heterocycles. The highest BCUT2D eigenvalue weighted by atomic mass is 32.1. The average Bonchev–Trinajstić information content (AvgIpc) is 3.09. The van der Waals surface area contributed by atoms with E-state index in [1.807, 2.05) is 0 Å². The Balaban J connectivity index is 1.69. The van der Waals surface area contributed by atoms with Crippen molar-refractivity contribution in [1.82, 2.24) is 4.90 Å². The van der Waals surface area contributed by atoms with Crippen molar-refractivity contribution in [2.45, 2.75) is 63.8 Å². The van der Waals surface area contributed by atoms with Crippen LogP contribution >= 0.6 is 11.3 Å². The van der Waals surface area contributed by atoms with E-state index in [-0.39, 0.29) is 30.4 Å². The van der Waals surface area contributed by atoms with Gasteiger partial charge in [0.05, 0.1) is 24.0 Å². The lowest BCUT2D eigenvalue weighted by Gasteiger charge is -2.29. The number of likely N-dealkylation sites (tertiary alicyclic amines) is 1. The second-order valence-electron chi connectivity index (χ2n) is 7.37. The van der Waals surface area contributed by atoms with Gasteiger partial charge in [-0.3, -0.25) is 14.5 Å². The van der Waals surface area contributed by atoms with Crippen LogP contribution in [0.1, 0.15) is 72.2 Å². The Kier molecular flexibility index (Phi) is 4.50. The molecular formula is C19H24N2O4S. The van der Waals surface area contributed by atoms with Crippen LogP contribution in [0, 0.1) is 5.92 Å². The van der Waals surface area contributed by atoms with Gasteiger partial charge in [0.15, 0.2) is 0 Å². The molecule has 4 rings (SSSR count). The van der Waals surface area contributed by atoms with Crippen LogP contribution < -0.4 is 5.73 Å². The Morgan fingerprint density at radius 1 is 1.19 bits per heavy atom. The molecule has 3 aliphatic rings. The maximum absolute atomic E-state index is 13.2. The number of anilines is 1. The Labute approximate surface area is 156 Å². The topological polar surface area (TPSA) is 89.7 Å². The number of hydrogen-bond donors (Lipinski definition) is 1. The van der Waals surface area contributed by atoms with Gasteiger partial charge in [-0.05, 0) is 38.2 Å². The van der Waals surface area contributed by atoms with Gasteiger partial charge in [0.1, 0.15) is 5.00 Å². The summed E-state index contributed by atoms with van der Waals surface area (Å²) in [5.41, 5.74) is 7.32. The van der Waals surface area contributed by atoms with Crippen LogP contribution in [0.4, 0.5) is 5.00 Å². The van der Waals surface area contributed by atoms with Crippen LogP contribution in [-0.4, -0.2) is 35.3 Å². The second kappa shape index (κ2) is 6.68. The Bertz CT molecular complexity index is 766. The number of nitrogens with two attached hydrogens (primary N) is 1. The highest BCUT2D eigenvalue weighted by Gasteiger charge is 2.53. The number of hydrogen-bond acceptors (Lipinski definition) is 6. The fourth-order valence-corrected chi connectivity index (χ4v) is 6.03. The first-order valence-corrected chi connectivity index (χ1v) is 10.3. The molecular weight excluding hydrogens is 352 g/mol. The lowest BCUT2D eigenvalue weighted by Crippen LogP contribution is -2.41. The number of nitrogens with zero attached hydrogens (tertiary/aromatic N) is 1. The van der Waals surface area contributed by atoms with Crippen LogP contribution in [0.5, 0.6) is 0 Å². The highest BCUT2D eigenvalue weighted by Crippen LogP contribution is 2.50. The molecule has 2 aliphatic carbocycles. The van der Waals surface area contributed by atoms with E-state index in [0.29, 0.717) is 23.4 Å². The molecule has 1 aromatic rings. The van der Waals surface area contributed by atoms with Crippen LogP contribution in [0.15, 0.2) is 0 Å². The van der Waals surface area contributed by atoms with Crippen molar-refractivity contribution in [3.05, 3.63) is 16.0 Å². The Morgan fingerprint density at radius 2 is 1.92 bits per heavy atom. The summed E-state index contributed by atoms with van der Waals surface area (Å²) in [6.45, 7) is 2.03. The SMILES string of the molecule is CCOC(=O)c1c(N)sc2c1CC[C@@H]1C(=O)N(C3CCCCC3)C(=O)[C@H]21. The minimum absolute atomic E-state index is 0.0257. The van der Waals surface area contributed by atoms with Gasteiger partial charge >= 0.3 is 5.97 Å². The normalized spacial score (nSPS) is 26.0. The van der Waals surface area contributed by atoms with Gasteiger partial charge in [0.2, 0.25) is 11.8 Å². The third kappa shape index (κ3) is 2.55. The summed E-state index contributed by atoms with van der Waals surface area (Å²) >= 11 is 1.28. The quantitative estimate of drug-likeness (QED) is 0.647.